The smallest absolute Gasteiger partial charge is 0.227 e. The first kappa shape index (κ1) is 20.5. The fourth-order valence-corrected chi connectivity index (χ4v) is 4.64. The van der Waals surface area contributed by atoms with E-state index in [4.69, 9.17) is 17.2 Å². The molecule has 0 unspecified atom stereocenters. The van der Waals surface area contributed by atoms with Gasteiger partial charge in [-0.2, -0.15) is 0 Å². The predicted octanol–water partition coefficient (Wildman–Crippen LogP) is 3.93. The van der Waals surface area contributed by atoms with Crippen LogP contribution in [0.3, 0.4) is 0 Å². The summed E-state index contributed by atoms with van der Waals surface area (Å²) in [6.45, 7) is 4.11. The van der Waals surface area contributed by atoms with Crippen molar-refractivity contribution in [1.29, 1.82) is 0 Å². The number of likely N-dealkylation sites (N-methyl/N-ethyl adjacent to an activating group) is 1. The largest absolute Gasteiger partial charge is 0.368 e. The minimum atomic E-state index is 0.549. The second kappa shape index (κ2) is 8.64. The Morgan fingerprint density at radius 3 is 2.77 bits per heavy atom. The molecule has 0 spiro atoms. The number of rotatable bonds is 3. The third-order valence-corrected chi connectivity index (χ3v) is 6.49. The summed E-state index contributed by atoms with van der Waals surface area (Å²) in [6.07, 6.45) is 6.21. The molecule has 5 rings (SSSR count). The van der Waals surface area contributed by atoms with E-state index in [0.717, 1.165) is 68.6 Å². The standard InChI is InChI=1S/C22H22IN7S/c1-29-4-6-30(7-5-29)17-10-16(12-24-13-17)26-22-25-11-14-8-20(31)27-19-9-15(23)2-3-18(19)21(14)28-22/h2-3,9-13H,4-8H2,1H3,(H,27,31)(H,25,26,28). The van der Waals surface area contributed by atoms with Crippen LogP contribution in [0, 0.1) is 3.57 Å². The highest BCUT2D eigenvalue weighted by molar-refractivity contribution is 14.1. The Morgan fingerprint density at radius 1 is 1.10 bits per heavy atom. The maximum Gasteiger partial charge on any atom is 0.227 e. The molecule has 31 heavy (non-hydrogen) atoms. The van der Waals surface area contributed by atoms with Gasteiger partial charge >= 0.3 is 0 Å². The van der Waals surface area contributed by atoms with Crippen LogP contribution in [0.5, 0.6) is 0 Å². The lowest BCUT2D eigenvalue weighted by Gasteiger charge is -2.33. The number of benzene rings is 1. The molecule has 3 aromatic rings. The number of pyridine rings is 1. The van der Waals surface area contributed by atoms with Crippen LogP contribution in [0.25, 0.3) is 11.3 Å². The monoisotopic (exact) mass is 543 g/mol. The summed E-state index contributed by atoms with van der Waals surface area (Å²) < 4.78 is 1.15. The number of fused-ring (bicyclic) bond motifs is 3. The van der Waals surface area contributed by atoms with Crippen molar-refractivity contribution in [3.8, 4) is 11.3 Å². The highest BCUT2D eigenvalue weighted by atomic mass is 127. The number of hydrogen-bond acceptors (Lipinski definition) is 7. The molecule has 2 N–H and O–H groups in total. The second-order valence-corrected chi connectivity index (χ2v) is 9.57. The minimum absolute atomic E-state index is 0.549. The lowest BCUT2D eigenvalue weighted by atomic mass is 10.1. The quantitative estimate of drug-likeness (QED) is 0.381. The Labute approximate surface area is 200 Å². The Bertz CT molecular complexity index is 1140. The van der Waals surface area contributed by atoms with Crippen molar-refractivity contribution in [2.75, 3.05) is 48.8 Å². The van der Waals surface area contributed by atoms with Crippen LogP contribution in [0.1, 0.15) is 5.56 Å². The molecule has 0 amide bonds. The summed E-state index contributed by atoms with van der Waals surface area (Å²) in [4.78, 5) is 19.3. The first-order valence-electron chi connectivity index (χ1n) is 10.2. The number of aromatic nitrogens is 3. The van der Waals surface area contributed by atoms with E-state index in [1.54, 1.807) is 0 Å². The summed E-state index contributed by atoms with van der Waals surface area (Å²) in [5.74, 6) is 0.549. The van der Waals surface area contributed by atoms with E-state index in [2.05, 4.69) is 84.3 Å². The Balaban J connectivity index is 1.44. The molecule has 2 aromatic heterocycles. The summed E-state index contributed by atoms with van der Waals surface area (Å²) in [5.41, 5.74) is 5.93. The maximum atomic E-state index is 5.51. The van der Waals surface area contributed by atoms with E-state index in [9.17, 15) is 0 Å². The first-order chi connectivity index (χ1) is 15.0. The molecule has 1 fully saturated rings. The van der Waals surface area contributed by atoms with Crippen molar-refractivity contribution < 1.29 is 0 Å². The molecular formula is C22H22IN7S. The average molecular weight is 543 g/mol. The lowest BCUT2D eigenvalue weighted by molar-refractivity contribution is 0.313. The van der Waals surface area contributed by atoms with Crippen LogP contribution in [-0.2, 0) is 6.42 Å². The maximum absolute atomic E-state index is 5.51. The molecule has 2 aliphatic heterocycles. The number of thiocarbonyl (C=S) groups is 1. The molecule has 0 aliphatic carbocycles. The second-order valence-electron chi connectivity index (χ2n) is 7.83. The van der Waals surface area contributed by atoms with Gasteiger partial charge in [-0.05, 0) is 53.9 Å². The normalized spacial score (nSPS) is 16.2. The van der Waals surface area contributed by atoms with E-state index in [-0.39, 0.29) is 0 Å². The third kappa shape index (κ3) is 4.48. The Hall–Kier alpha value is -2.37. The van der Waals surface area contributed by atoms with Crippen molar-refractivity contribution in [1.82, 2.24) is 19.9 Å². The van der Waals surface area contributed by atoms with Gasteiger partial charge in [0.25, 0.3) is 0 Å². The van der Waals surface area contributed by atoms with Crippen molar-refractivity contribution in [3.63, 3.8) is 0 Å². The molecular weight excluding hydrogens is 521 g/mol. The molecule has 0 saturated carbocycles. The van der Waals surface area contributed by atoms with Gasteiger partial charge in [0.2, 0.25) is 5.95 Å². The predicted molar refractivity (Wildman–Crippen MR) is 137 cm³/mol. The van der Waals surface area contributed by atoms with Crippen LogP contribution in [-0.4, -0.2) is 58.1 Å². The molecule has 0 atom stereocenters. The average Bonchev–Trinajstić information content (AvgIpc) is 2.89. The molecule has 0 bridgehead atoms. The Kier molecular flexibility index (Phi) is 5.72. The third-order valence-electron chi connectivity index (χ3n) is 5.57. The zero-order valence-electron chi connectivity index (χ0n) is 17.1. The highest BCUT2D eigenvalue weighted by Gasteiger charge is 2.20. The van der Waals surface area contributed by atoms with E-state index >= 15 is 0 Å². The summed E-state index contributed by atoms with van der Waals surface area (Å²) >= 11 is 7.82. The van der Waals surface area contributed by atoms with E-state index < -0.39 is 0 Å². The van der Waals surface area contributed by atoms with Gasteiger partial charge in [-0.25, -0.2) is 9.97 Å². The zero-order valence-corrected chi connectivity index (χ0v) is 20.1. The van der Waals surface area contributed by atoms with Crippen molar-refractivity contribution in [2.24, 2.45) is 0 Å². The summed E-state index contributed by atoms with van der Waals surface area (Å²) in [6, 6.07) is 8.37. The van der Waals surface area contributed by atoms with Crippen molar-refractivity contribution >= 4 is 62.8 Å². The number of hydrogen-bond donors (Lipinski definition) is 2. The van der Waals surface area contributed by atoms with Gasteiger partial charge in [-0.15, -0.1) is 0 Å². The van der Waals surface area contributed by atoms with E-state index in [0.29, 0.717) is 12.4 Å². The summed E-state index contributed by atoms with van der Waals surface area (Å²) in [7, 11) is 2.16. The topological polar surface area (TPSA) is 69.2 Å². The molecule has 2 aliphatic rings. The number of nitrogens with one attached hydrogen (secondary N) is 2. The number of piperazine rings is 1. The van der Waals surface area contributed by atoms with Gasteiger partial charge < -0.3 is 20.4 Å². The molecule has 1 saturated heterocycles. The van der Waals surface area contributed by atoms with Crippen molar-refractivity contribution in [3.05, 3.63) is 52.0 Å². The number of anilines is 4. The minimum Gasteiger partial charge on any atom is -0.368 e. The fraction of sp³-hybridized carbons (Fsp3) is 0.273. The fourth-order valence-electron chi connectivity index (χ4n) is 3.89. The number of nitrogens with zero attached hydrogens (tertiary/aromatic N) is 5. The van der Waals surface area contributed by atoms with Crippen LogP contribution >= 0.6 is 34.8 Å². The van der Waals surface area contributed by atoms with Crippen LogP contribution in [0.15, 0.2) is 42.9 Å². The number of halogens is 1. The van der Waals surface area contributed by atoms with Gasteiger partial charge in [0, 0.05) is 59.2 Å². The van der Waals surface area contributed by atoms with Crippen molar-refractivity contribution in [2.45, 2.75) is 6.42 Å². The Morgan fingerprint density at radius 2 is 1.94 bits per heavy atom. The highest BCUT2D eigenvalue weighted by Crippen LogP contribution is 2.34. The first-order valence-corrected chi connectivity index (χ1v) is 11.6. The van der Waals surface area contributed by atoms with Gasteiger partial charge in [0.05, 0.1) is 34.5 Å². The molecule has 9 heteroatoms. The lowest BCUT2D eigenvalue weighted by Crippen LogP contribution is -2.44. The van der Waals surface area contributed by atoms with Gasteiger partial charge in [0.15, 0.2) is 0 Å². The molecule has 4 heterocycles. The van der Waals surface area contributed by atoms with E-state index in [1.807, 2.05) is 18.6 Å². The van der Waals surface area contributed by atoms with E-state index in [1.165, 1.54) is 0 Å². The molecule has 0 radical (unpaired) electrons. The molecule has 7 nitrogen and oxygen atoms in total. The van der Waals surface area contributed by atoms with Gasteiger partial charge in [-0.3, -0.25) is 4.98 Å². The van der Waals surface area contributed by atoms with Crippen LogP contribution < -0.4 is 15.5 Å². The molecule has 158 valence electrons. The zero-order chi connectivity index (χ0) is 21.4. The van der Waals surface area contributed by atoms with Gasteiger partial charge in [-0.1, -0.05) is 12.2 Å². The SMILES string of the molecule is CN1CCN(c2cncc(Nc3ncc4c(n3)-c3ccc(I)cc3NC(=S)C4)c2)CC1. The summed E-state index contributed by atoms with van der Waals surface area (Å²) in [5, 5.41) is 6.69. The van der Waals surface area contributed by atoms with Crippen LogP contribution in [0.4, 0.5) is 23.0 Å². The molecule has 1 aromatic carbocycles. The van der Waals surface area contributed by atoms with Crippen LogP contribution in [0.2, 0.25) is 0 Å². The van der Waals surface area contributed by atoms with Gasteiger partial charge in [0.1, 0.15) is 0 Å².